The second-order valence-electron chi connectivity index (χ2n) is 6.45. The molecule has 0 saturated carbocycles. The van der Waals surface area contributed by atoms with Crippen LogP contribution < -0.4 is 5.56 Å². The number of aryl methyl sites for hydroxylation is 1. The number of halogens is 1. The highest BCUT2D eigenvalue weighted by Gasteiger charge is 2.22. The number of hydrogen-bond donors (Lipinski definition) is 0. The van der Waals surface area contributed by atoms with Gasteiger partial charge in [0, 0.05) is 15.8 Å². The first-order valence-electron chi connectivity index (χ1n) is 8.36. The zero-order valence-electron chi connectivity index (χ0n) is 14.0. The Balaban J connectivity index is 2.06. The van der Waals surface area contributed by atoms with Crippen molar-refractivity contribution in [3.63, 3.8) is 0 Å². The fraction of sp³-hybridized carbons (Fsp3) is 0.0455. The Morgan fingerprint density at radius 2 is 1.73 bits per heavy atom. The normalized spacial score (nSPS) is 11.6. The number of aromatic nitrogens is 1. The van der Waals surface area contributed by atoms with Gasteiger partial charge in [-0.25, -0.2) is 0 Å². The summed E-state index contributed by atoms with van der Waals surface area (Å²) in [6.07, 6.45) is 0. The van der Waals surface area contributed by atoms with Gasteiger partial charge >= 0.3 is 0 Å². The van der Waals surface area contributed by atoms with Crippen molar-refractivity contribution >= 4 is 43.9 Å². The summed E-state index contributed by atoms with van der Waals surface area (Å²) in [5.74, 6) is 0. The van der Waals surface area contributed by atoms with Crippen LogP contribution in [0.25, 0.3) is 37.1 Å². The van der Waals surface area contributed by atoms with Crippen molar-refractivity contribution in [2.45, 2.75) is 6.92 Å². The SMILES string of the molecule is Cc1cccc(-c2sc3cc(Cl)ccc3n3c(=O)c4ccccc4c2-3)c1. The molecule has 2 aliphatic heterocycles. The van der Waals surface area contributed by atoms with Crippen molar-refractivity contribution in [2.24, 2.45) is 0 Å². The van der Waals surface area contributed by atoms with E-state index in [1.165, 1.54) is 5.56 Å². The average Bonchev–Trinajstić information content (AvgIpc) is 2.94. The predicted octanol–water partition coefficient (Wildman–Crippen LogP) is 6.27. The maximum absolute atomic E-state index is 13.2. The minimum Gasteiger partial charge on any atom is -0.273 e. The summed E-state index contributed by atoms with van der Waals surface area (Å²) in [4.78, 5) is 14.3. The molecule has 0 aliphatic carbocycles. The summed E-state index contributed by atoms with van der Waals surface area (Å²) in [6, 6.07) is 21.9. The van der Waals surface area contributed by atoms with Crippen LogP contribution >= 0.6 is 22.9 Å². The molecule has 0 aromatic heterocycles. The highest BCUT2D eigenvalue weighted by molar-refractivity contribution is 7.22. The summed E-state index contributed by atoms with van der Waals surface area (Å²) in [7, 11) is 0. The molecule has 26 heavy (non-hydrogen) atoms. The third-order valence-electron chi connectivity index (χ3n) is 4.71. The van der Waals surface area contributed by atoms with Crippen molar-refractivity contribution in [1.29, 1.82) is 0 Å². The lowest BCUT2D eigenvalue weighted by molar-refractivity contribution is 1.10. The lowest BCUT2D eigenvalue weighted by atomic mass is 10.1. The van der Waals surface area contributed by atoms with Crippen molar-refractivity contribution < 1.29 is 0 Å². The first-order chi connectivity index (χ1) is 12.6. The van der Waals surface area contributed by atoms with Gasteiger partial charge in [-0.15, -0.1) is 11.3 Å². The number of nitrogens with zero attached hydrogens (tertiary/aromatic N) is 1. The van der Waals surface area contributed by atoms with E-state index in [1.54, 1.807) is 11.3 Å². The van der Waals surface area contributed by atoms with E-state index in [2.05, 4.69) is 31.2 Å². The number of benzene rings is 3. The van der Waals surface area contributed by atoms with Crippen molar-refractivity contribution in [3.05, 3.63) is 87.7 Å². The second kappa shape index (κ2) is 5.70. The predicted molar refractivity (Wildman–Crippen MR) is 111 cm³/mol. The van der Waals surface area contributed by atoms with E-state index in [0.717, 1.165) is 37.1 Å². The van der Waals surface area contributed by atoms with Gasteiger partial charge in [-0.3, -0.25) is 9.36 Å². The molecule has 2 nitrogen and oxygen atoms in total. The van der Waals surface area contributed by atoms with E-state index in [-0.39, 0.29) is 5.56 Å². The van der Waals surface area contributed by atoms with Crippen molar-refractivity contribution in [2.75, 3.05) is 0 Å². The van der Waals surface area contributed by atoms with Crippen LogP contribution in [0.1, 0.15) is 5.56 Å². The molecule has 0 atom stereocenters. The number of fused-ring (bicyclic) bond motifs is 5. The number of rotatable bonds is 1. The molecule has 5 rings (SSSR count). The molecule has 0 fully saturated rings. The Morgan fingerprint density at radius 3 is 2.54 bits per heavy atom. The first kappa shape index (κ1) is 15.6. The molecule has 2 heterocycles. The zero-order valence-corrected chi connectivity index (χ0v) is 15.6. The summed E-state index contributed by atoms with van der Waals surface area (Å²) in [5, 5.41) is 2.41. The van der Waals surface area contributed by atoms with Gasteiger partial charge in [0.15, 0.2) is 0 Å². The quantitative estimate of drug-likeness (QED) is 0.338. The summed E-state index contributed by atoms with van der Waals surface area (Å²) in [6.45, 7) is 2.08. The smallest absolute Gasteiger partial charge is 0.263 e. The Morgan fingerprint density at radius 1 is 0.923 bits per heavy atom. The van der Waals surface area contributed by atoms with Crippen molar-refractivity contribution in [3.8, 4) is 16.1 Å². The van der Waals surface area contributed by atoms with Crippen LogP contribution in [0.5, 0.6) is 0 Å². The Kier molecular flexibility index (Phi) is 3.42. The van der Waals surface area contributed by atoms with E-state index in [1.807, 2.05) is 47.0 Å². The van der Waals surface area contributed by atoms with E-state index < -0.39 is 0 Å². The molecular formula is C22H14ClNOS. The molecular weight excluding hydrogens is 362 g/mol. The van der Waals surface area contributed by atoms with Crippen LogP contribution in [0.3, 0.4) is 0 Å². The van der Waals surface area contributed by atoms with Gasteiger partial charge in [0.1, 0.15) is 0 Å². The van der Waals surface area contributed by atoms with Gasteiger partial charge in [0.05, 0.1) is 20.8 Å². The maximum Gasteiger partial charge on any atom is 0.263 e. The molecule has 126 valence electrons. The van der Waals surface area contributed by atoms with Gasteiger partial charge < -0.3 is 0 Å². The molecule has 0 saturated heterocycles. The lowest BCUT2D eigenvalue weighted by Crippen LogP contribution is -2.13. The summed E-state index contributed by atoms with van der Waals surface area (Å²) >= 11 is 7.91. The van der Waals surface area contributed by atoms with Crippen LogP contribution in [0.4, 0.5) is 0 Å². The van der Waals surface area contributed by atoms with E-state index in [0.29, 0.717) is 5.02 Å². The van der Waals surface area contributed by atoms with E-state index >= 15 is 0 Å². The van der Waals surface area contributed by atoms with E-state index in [4.69, 9.17) is 11.6 Å². The third-order valence-corrected chi connectivity index (χ3v) is 6.12. The van der Waals surface area contributed by atoms with Crippen molar-refractivity contribution in [1.82, 2.24) is 4.57 Å². The Labute approximate surface area is 159 Å². The fourth-order valence-corrected chi connectivity index (χ4v) is 5.02. The largest absolute Gasteiger partial charge is 0.273 e. The van der Waals surface area contributed by atoms with Crippen LogP contribution in [-0.4, -0.2) is 4.57 Å². The third kappa shape index (κ3) is 2.21. The van der Waals surface area contributed by atoms with Gasteiger partial charge in [-0.05, 0) is 36.8 Å². The standard InChI is InChI=1S/C22H14ClNOS/c1-13-5-4-6-14(11-13)21-20-16-7-2-3-8-17(16)22(25)24(20)18-10-9-15(23)12-19(18)26-21/h2-12H,1H3. The monoisotopic (exact) mass is 375 g/mol. The zero-order chi connectivity index (χ0) is 17.8. The lowest BCUT2D eigenvalue weighted by Gasteiger charge is -2.15. The molecule has 0 unspecified atom stereocenters. The highest BCUT2D eigenvalue weighted by Crippen LogP contribution is 2.41. The Bertz CT molecular complexity index is 1330. The minimum atomic E-state index is 0.0182. The van der Waals surface area contributed by atoms with Gasteiger partial charge in [0.2, 0.25) is 0 Å². The summed E-state index contributed by atoms with van der Waals surface area (Å²) in [5.41, 5.74) is 4.19. The fourth-order valence-electron chi connectivity index (χ4n) is 3.57. The molecule has 0 amide bonds. The second-order valence-corrected chi connectivity index (χ2v) is 7.94. The molecule has 2 aliphatic rings. The molecule has 0 N–H and O–H groups in total. The molecule has 3 aromatic carbocycles. The van der Waals surface area contributed by atoms with Gasteiger partial charge in [-0.1, -0.05) is 59.6 Å². The molecule has 4 heteroatoms. The molecule has 0 bridgehead atoms. The number of hydrogen-bond acceptors (Lipinski definition) is 2. The summed E-state index contributed by atoms with van der Waals surface area (Å²) < 4.78 is 2.84. The van der Waals surface area contributed by atoms with Crippen LogP contribution in [0.15, 0.2) is 71.5 Å². The first-order valence-corrected chi connectivity index (χ1v) is 9.55. The van der Waals surface area contributed by atoms with Crippen LogP contribution in [0.2, 0.25) is 5.02 Å². The van der Waals surface area contributed by atoms with E-state index in [9.17, 15) is 4.79 Å². The minimum absolute atomic E-state index is 0.0182. The molecule has 0 spiro atoms. The van der Waals surface area contributed by atoms with Gasteiger partial charge in [0.25, 0.3) is 5.56 Å². The topological polar surface area (TPSA) is 22.0 Å². The maximum atomic E-state index is 13.2. The average molecular weight is 376 g/mol. The molecule has 0 radical (unpaired) electrons. The highest BCUT2D eigenvalue weighted by atomic mass is 35.5. The van der Waals surface area contributed by atoms with Crippen LogP contribution in [-0.2, 0) is 0 Å². The Hall–Kier alpha value is -2.62. The van der Waals surface area contributed by atoms with Gasteiger partial charge in [-0.2, -0.15) is 0 Å². The molecule has 3 aromatic rings. The van der Waals surface area contributed by atoms with Crippen LogP contribution in [0, 0.1) is 6.92 Å².